The van der Waals surface area contributed by atoms with E-state index in [2.05, 4.69) is 21.7 Å². The van der Waals surface area contributed by atoms with Crippen LogP contribution >= 0.6 is 0 Å². The zero-order chi connectivity index (χ0) is 13.8. The van der Waals surface area contributed by atoms with Gasteiger partial charge >= 0.3 is 5.97 Å². The molecule has 1 saturated heterocycles. The van der Waals surface area contributed by atoms with Gasteiger partial charge in [0.05, 0.1) is 5.56 Å². The van der Waals surface area contributed by atoms with E-state index in [9.17, 15) is 4.79 Å². The van der Waals surface area contributed by atoms with Crippen molar-refractivity contribution in [2.45, 2.75) is 25.8 Å². The number of carboxylic acid groups (broad SMARTS) is 1. The summed E-state index contributed by atoms with van der Waals surface area (Å²) in [6, 6.07) is 3.89. The number of likely N-dealkylation sites (tertiary alicyclic amines) is 1. The van der Waals surface area contributed by atoms with Crippen molar-refractivity contribution in [1.82, 2.24) is 9.88 Å². The Labute approximate surface area is 113 Å². The quantitative estimate of drug-likeness (QED) is 0.896. The molecule has 0 unspecified atom stereocenters. The molecule has 1 aromatic heterocycles. The minimum Gasteiger partial charge on any atom is -0.478 e. The summed E-state index contributed by atoms with van der Waals surface area (Å²) < 4.78 is 0. The fraction of sp³-hybridized carbons (Fsp3) is 0.571. The number of piperidine rings is 1. The maximum Gasteiger partial charge on any atom is 0.337 e. The molecule has 19 heavy (non-hydrogen) atoms. The van der Waals surface area contributed by atoms with Crippen LogP contribution in [0.1, 0.15) is 30.1 Å². The number of nitrogens with zero attached hydrogens (tertiary/aromatic N) is 3. The van der Waals surface area contributed by atoms with E-state index in [-0.39, 0.29) is 5.56 Å². The maximum atomic E-state index is 10.8. The number of rotatable bonds is 4. The van der Waals surface area contributed by atoms with Gasteiger partial charge in [0, 0.05) is 32.4 Å². The van der Waals surface area contributed by atoms with Crippen LogP contribution in [-0.4, -0.2) is 53.7 Å². The molecule has 1 N–H and O–H groups in total. The zero-order valence-corrected chi connectivity index (χ0v) is 11.5. The SMILES string of the molecule is CCN1CCC(N(C)c2ccc(C(=O)O)cn2)CC1. The van der Waals surface area contributed by atoms with Crippen molar-refractivity contribution >= 4 is 11.8 Å². The monoisotopic (exact) mass is 263 g/mol. The van der Waals surface area contributed by atoms with Crippen LogP contribution < -0.4 is 4.90 Å². The van der Waals surface area contributed by atoms with Crippen molar-refractivity contribution in [3.8, 4) is 0 Å². The first-order valence-electron chi connectivity index (χ1n) is 6.76. The van der Waals surface area contributed by atoms with Crippen molar-refractivity contribution in [1.29, 1.82) is 0 Å². The van der Waals surface area contributed by atoms with Gasteiger partial charge < -0.3 is 14.9 Å². The van der Waals surface area contributed by atoms with Gasteiger partial charge in [-0.25, -0.2) is 9.78 Å². The summed E-state index contributed by atoms with van der Waals surface area (Å²) in [5.74, 6) is -0.0853. The van der Waals surface area contributed by atoms with E-state index in [4.69, 9.17) is 5.11 Å². The molecule has 5 nitrogen and oxygen atoms in total. The molecule has 5 heteroatoms. The molecule has 1 aromatic rings. The van der Waals surface area contributed by atoms with Gasteiger partial charge in [-0.05, 0) is 31.5 Å². The minimum absolute atomic E-state index is 0.234. The summed E-state index contributed by atoms with van der Waals surface area (Å²) >= 11 is 0. The van der Waals surface area contributed by atoms with Crippen LogP contribution in [-0.2, 0) is 0 Å². The number of hydrogen-bond donors (Lipinski definition) is 1. The Morgan fingerprint density at radius 3 is 2.63 bits per heavy atom. The van der Waals surface area contributed by atoms with Gasteiger partial charge in [-0.3, -0.25) is 0 Å². The van der Waals surface area contributed by atoms with Crippen LogP contribution in [0.5, 0.6) is 0 Å². The predicted octanol–water partition coefficient (Wildman–Crippen LogP) is 1.70. The fourth-order valence-corrected chi connectivity index (χ4v) is 2.53. The van der Waals surface area contributed by atoms with Crippen molar-refractivity contribution in [2.24, 2.45) is 0 Å². The van der Waals surface area contributed by atoms with Gasteiger partial charge in [0.25, 0.3) is 0 Å². The Morgan fingerprint density at radius 2 is 2.16 bits per heavy atom. The second-order valence-corrected chi connectivity index (χ2v) is 4.99. The first-order valence-corrected chi connectivity index (χ1v) is 6.76. The molecule has 0 aromatic carbocycles. The third-order valence-electron chi connectivity index (χ3n) is 3.91. The van der Waals surface area contributed by atoms with Crippen LogP contribution in [0, 0.1) is 0 Å². The van der Waals surface area contributed by atoms with Crippen molar-refractivity contribution in [2.75, 3.05) is 31.6 Å². The Balaban J connectivity index is 1.99. The lowest BCUT2D eigenvalue weighted by Gasteiger charge is -2.36. The lowest BCUT2D eigenvalue weighted by atomic mass is 10.0. The standard InChI is InChI=1S/C14H21N3O2/c1-3-17-8-6-12(7-9-17)16(2)13-5-4-11(10-15-13)14(18)19/h4-5,10,12H,3,6-9H2,1-2H3,(H,18,19). The number of hydrogen-bond acceptors (Lipinski definition) is 4. The Kier molecular flexibility index (Phi) is 4.37. The molecule has 0 radical (unpaired) electrons. The highest BCUT2D eigenvalue weighted by molar-refractivity contribution is 5.87. The first kappa shape index (κ1) is 13.8. The van der Waals surface area contributed by atoms with Crippen LogP contribution in [0.2, 0.25) is 0 Å². The average molecular weight is 263 g/mol. The topological polar surface area (TPSA) is 56.7 Å². The van der Waals surface area contributed by atoms with Crippen LogP contribution in [0.25, 0.3) is 0 Å². The fourth-order valence-electron chi connectivity index (χ4n) is 2.53. The lowest BCUT2D eigenvalue weighted by molar-refractivity contribution is 0.0696. The van der Waals surface area contributed by atoms with E-state index in [0.717, 1.165) is 38.3 Å². The summed E-state index contributed by atoms with van der Waals surface area (Å²) in [6.07, 6.45) is 3.69. The van der Waals surface area contributed by atoms with Gasteiger partial charge in [0.15, 0.2) is 0 Å². The normalized spacial score (nSPS) is 17.4. The highest BCUT2D eigenvalue weighted by Crippen LogP contribution is 2.20. The molecule has 0 aliphatic carbocycles. The maximum absolute atomic E-state index is 10.8. The molecule has 1 fully saturated rings. The van der Waals surface area contributed by atoms with E-state index in [1.54, 1.807) is 12.1 Å². The summed E-state index contributed by atoms with van der Waals surface area (Å²) in [6.45, 7) is 5.55. The number of anilines is 1. The van der Waals surface area contributed by atoms with Crippen molar-refractivity contribution in [3.05, 3.63) is 23.9 Å². The zero-order valence-electron chi connectivity index (χ0n) is 11.5. The third kappa shape index (κ3) is 3.23. The molecule has 0 bridgehead atoms. The lowest BCUT2D eigenvalue weighted by Crippen LogP contribution is -2.43. The van der Waals surface area contributed by atoms with E-state index in [1.165, 1.54) is 6.20 Å². The second-order valence-electron chi connectivity index (χ2n) is 4.99. The van der Waals surface area contributed by atoms with Crippen LogP contribution in [0.3, 0.4) is 0 Å². The first-order chi connectivity index (χ1) is 9.11. The van der Waals surface area contributed by atoms with E-state index in [1.807, 2.05) is 7.05 Å². The van der Waals surface area contributed by atoms with Gasteiger partial charge in [-0.1, -0.05) is 6.92 Å². The van der Waals surface area contributed by atoms with E-state index < -0.39 is 5.97 Å². The summed E-state index contributed by atoms with van der Waals surface area (Å²) in [5, 5.41) is 8.86. The molecule has 2 rings (SSSR count). The number of pyridine rings is 1. The van der Waals surface area contributed by atoms with Crippen LogP contribution in [0.15, 0.2) is 18.3 Å². The highest BCUT2D eigenvalue weighted by Gasteiger charge is 2.22. The molecule has 1 aliphatic rings. The van der Waals surface area contributed by atoms with Gasteiger partial charge in [-0.15, -0.1) is 0 Å². The average Bonchev–Trinajstić information content (AvgIpc) is 2.46. The molecule has 2 heterocycles. The number of carboxylic acids is 1. The molecule has 0 saturated carbocycles. The summed E-state index contributed by atoms with van der Waals surface area (Å²) in [5.41, 5.74) is 0.234. The van der Waals surface area contributed by atoms with Gasteiger partial charge in [0.2, 0.25) is 0 Å². The molecule has 0 atom stereocenters. The van der Waals surface area contributed by atoms with Crippen LogP contribution in [0.4, 0.5) is 5.82 Å². The predicted molar refractivity (Wildman–Crippen MR) is 74.7 cm³/mol. The van der Waals surface area contributed by atoms with Crippen molar-refractivity contribution < 1.29 is 9.90 Å². The summed E-state index contributed by atoms with van der Waals surface area (Å²) in [7, 11) is 2.04. The smallest absolute Gasteiger partial charge is 0.337 e. The molecule has 0 spiro atoms. The van der Waals surface area contributed by atoms with E-state index >= 15 is 0 Å². The number of carbonyl (C=O) groups is 1. The van der Waals surface area contributed by atoms with Gasteiger partial charge in [-0.2, -0.15) is 0 Å². The second kappa shape index (κ2) is 6.02. The highest BCUT2D eigenvalue weighted by atomic mass is 16.4. The number of aromatic carboxylic acids is 1. The van der Waals surface area contributed by atoms with E-state index in [0.29, 0.717) is 6.04 Å². The number of aromatic nitrogens is 1. The minimum atomic E-state index is -0.932. The molecular formula is C14H21N3O2. The molecule has 1 aliphatic heterocycles. The molecule has 104 valence electrons. The molecule has 0 amide bonds. The van der Waals surface area contributed by atoms with Crippen molar-refractivity contribution in [3.63, 3.8) is 0 Å². The Bertz CT molecular complexity index is 425. The molecular weight excluding hydrogens is 242 g/mol. The Morgan fingerprint density at radius 1 is 1.47 bits per heavy atom. The summed E-state index contributed by atoms with van der Waals surface area (Å²) in [4.78, 5) is 19.7. The third-order valence-corrected chi connectivity index (χ3v) is 3.91. The largest absolute Gasteiger partial charge is 0.478 e. The van der Waals surface area contributed by atoms with Gasteiger partial charge in [0.1, 0.15) is 5.82 Å². The Hall–Kier alpha value is -1.62.